The van der Waals surface area contributed by atoms with Crippen molar-refractivity contribution in [1.29, 1.82) is 5.26 Å². The molecule has 14 heavy (non-hydrogen) atoms. The highest BCUT2D eigenvalue weighted by atomic mass is 16.3. The second-order valence-corrected chi connectivity index (χ2v) is 3.71. The Morgan fingerprint density at radius 2 is 2.21 bits per heavy atom. The molecule has 4 heteroatoms. The Labute approximate surface area is 84.1 Å². The van der Waals surface area contributed by atoms with Crippen LogP contribution in [0, 0.1) is 16.7 Å². The Bertz CT molecular complexity index is 247. The molecule has 0 unspecified atom stereocenters. The van der Waals surface area contributed by atoms with E-state index < -0.39 is 5.41 Å². The smallest absolute Gasteiger partial charge is 0.243 e. The number of nitriles is 1. The maximum atomic E-state index is 11.8. The van der Waals surface area contributed by atoms with E-state index in [0.717, 1.165) is 6.42 Å². The third kappa shape index (κ3) is 2.05. The highest BCUT2D eigenvalue weighted by Crippen LogP contribution is 2.46. The third-order valence-electron chi connectivity index (χ3n) is 2.52. The van der Waals surface area contributed by atoms with Gasteiger partial charge < -0.3 is 10.0 Å². The van der Waals surface area contributed by atoms with Crippen molar-refractivity contribution in [3.63, 3.8) is 0 Å². The van der Waals surface area contributed by atoms with Crippen molar-refractivity contribution in [2.24, 2.45) is 5.41 Å². The molecule has 4 nitrogen and oxygen atoms in total. The largest absolute Gasteiger partial charge is 0.395 e. The van der Waals surface area contributed by atoms with E-state index in [1.54, 1.807) is 4.90 Å². The van der Waals surface area contributed by atoms with E-state index in [0.29, 0.717) is 25.9 Å². The molecular weight excluding hydrogens is 180 g/mol. The normalized spacial score (nSPS) is 17.2. The molecule has 0 aromatic heterocycles. The van der Waals surface area contributed by atoms with Gasteiger partial charge in [-0.05, 0) is 19.3 Å². The lowest BCUT2D eigenvalue weighted by Gasteiger charge is -2.23. The van der Waals surface area contributed by atoms with Crippen LogP contribution in [0.25, 0.3) is 0 Å². The molecule has 0 radical (unpaired) electrons. The number of carbonyl (C=O) groups excluding carboxylic acids is 1. The quantitative estimate of drug-likeness (QED) is 0.697. The van der Waals surface area contributed by atoms with Gasteiger partial charge in [-0.3, -0.25) is 4.79 Å². The van der Waals surface area contributed by atoms with Crippen molar-refractivity contribution in [1.82, 2.24) is 4.90 Å². The summed E-state index contributed by atoms with van der Waals surface area (Å²) in [6.07, 6.45) is 2.20. The number of nitrogens with zero attached hydrogens (tertiary/aromatic N) is 2. The molecule has 0 atom stereocenters. The highest BCUT2D eigenvalue weighted by Gasteiger charge is 2.52. The molecule has 0 heterocycles. The van der Waals surface area contributed by atoms with Crippen LogP contribution in [0.2, 0.25) is 0 Å². The maximum Gasteiger partial charge on any atom is 0.243 e. The molecular formula is C10H16N2O2. The molecule has 1 saturated carbocycles. The Kier molecular flexibility index (Phi) is 3.48. The topological polar surface area (TPSA) is 64.3 Å². The maximum absolute atomic E-state index is 11.8. The Morgan fingerprint density at radius 1 is 1.57 bits per heavy atom. The van der Waals surface area contributed by atoms with Gasteiger partial charge in [0.25, 0.3) is 0 Å². The molecule has 0 saturated heterocycles. The first-order chi connectivity index (χ1) is 6.70. The molecule has 0 aromatic rings. The van der Waals surface area contributed by atoms with Gasteiger partial charge in [0, 0.05) is 13.1 Å². The van der Waals surface area contributed by atoms with Crippen LogP contribution in [0.15, 0.2) is 0 Å². The SMILES string of the molecule is CCCN(CCO)C(=O)C1(C#N)CC1. The third-order valence-corrected chi connectivity index (χ3v) is 2.52. The van der Waals surface area contributed by atoms with E-state index in [1.165, 1.54) is 0 Å². The zero-order valence-corrected chi connectivity index (χ0v) is 8.49. The summed E-state index contributed by atoms with van der Waals surface area (Å²) in [4.78, 5) is 13.4. The minimum absolute atomic E-state index is 0.0345. The Hall–Kier alpha value is -1.08. The molecule has 1 aliphatic rings. The van der Waals surface area contributed by atoms with E-state index >= 15 is 0 Å². The molecule has 0 spiro atoms. The van der Waals surface area contributed by atoms with Crippen molar-refractivity contribution < 1.29 is 9.90 Å². The van der Waals surface area contributed by atoms with E-state index in [9.17, 15) is 4.79 Å². The summed E-state index contributed by atoms with van der Waals surface area (Å²) < 4.78 is 0. The number of aliphatic hydroxyl groups excluding tert-OH is 1. The fourth-order valence-corrected chi connectivity index (χ4v) is 1.51. The minimum atomic E-state index is -0.746. The fourth-order valence-electron chi connectivity index (χ4n) is 1.51. The Morgan fingerprint density at radius 3 is 2.57 bits per heavy atom. The highest BCUT2D eigenvalue weighted by molar-refractivity contribution is 5.88. The number of amides is 1. The van der Waals surface area contributed by atoms with Gasteiger partial charge in [-0.15, -0.1) is 0 Å². The molecule has 0 aromatic carbocycles. The van der Waals surface area contributed by atoms with Gasteiger partial charge in [0.15, 0.2) is 0 Å². The van der Waals surface area contributed by atoms with Gasteiger partial charge >= 0.3 is 0 Å². The summed E-state index contributed by atoms with van der Waals surface area (Å²) in [5.41, 5.74) is -0.746. The summed E-state index contributed by atoms with van der Waals surface area (Å²) in [5, 5.41) is 17.6. The Balaban J connectivity index is 2.60. The van der Waals surface area contributed by atoms with E-state index in [2.05, 4.69) is 6.07 Å². The monoisotopic (exact) mass is 196 g/mol. The number of aliphatic hydroxyl groups is 1. The van der Waals surface area contributed by atoms with Crippen LogP contribution in [-0.2, 0) is 4.79 Å². The van der Waals surface area contributed by atoms with E-state index in [1.807, 2.05) is 6.92 Å². The van der Waals surface area contributed by atoms with Crippen LogP contribution >= 0.6 is 0 Å². The lowest BCUT2D eigenvalue weighted by atomic mass is 10.1. The lowest BCUT2D eigenvalue weighted by Crippen LogP contribution is -2.39. The molecule has 0 bridgehead atoms. The van der Waals surface area contributed by atoms with E-state index in [-0.39, 0.29) is 12.5 Å². The molecule has 1 amide bonds. The van der Waals surface area contributed by atoms with Crippen molar-refractivity contribution in [2.45, 2.75) is 26.2 Å². The molecule has 78 valence electrons. The standard InChI is InChI=1S/C10H16N2O2/c1-2-5-12(6-7-13)9(14)10(8-11)3-4-10/h13H,2-7H2,1H3. The summed E-state index contributed by atoms with van der Waals surface area (Å²) >= 11 is 0. The number of carbonyl (C=O) groups is 1. The van der Waals surface area contributed by atoms with Crippen LogP contribution in [0.3, 0.4) is 0 Å². The van der Waals surface area contributed by atoms with Crippen molar-refractivity contribution in [2.75, 3.05) is 19.7 Å². The fraction of sp³-hybridized carbons (Fsp3) is 0.800. The number of rotatable bonds is 5. The zero-order chi connectivity index (χ0) is 10.6. The van der Waals surface area contributed by atoms with Gasteiger partial charge in [0.2, 0.25) is 5.91 Å². The molecule has 0 aliphatic heterocycles. The lowest BCUT2D eigenvalue weighted by molar-refractivity contribution is -0.135. The molecule has 1 N–H and O–H groups in total. The summed E-state index contributed by atoms with van der Waals surface area (Å²) in [7, 11) is 0. The number of hydrogen-bond donors (Lipinski definition) is 1. The first-order valence-corrected chi connectivity index (χ1v) is 5.01. The van der Waals surface area contributed by atoms with Crippen LogP contribution < -0.4 is 0 Å². The second-order valence-electron chi connectivity index (χ2n) is 3.71. The van der Waals surface area contributed by atoms with Crippen molar-refractivity contribution in [3.05, 3.63) is 0 Å². The van der Waals surface area contributed by atoms with Gasteiger partial charge in [-0.2, -0.15) is 5.26 Å². The first-order valence-electron chi connectivity index (χ1n) is 5.01. The van der Waals surface area contributed by atoms with Crippen molar-refractivity contribution >= 4 is 5.91 Å². The molecule has 1 rings (SSSR count). The first kappa shape index (κ1) is 11.0. The van der Waals surface area contributed by atoms with Crippen LogP contribution in [0.1, 0.15) is 26.2 Å². The van der Waals surface area contributed by atoms with Crippen LogP contribution in [-0.4, -0.2) is 35.6 Å². The van der Waals surface area contributed by atoms with Gasteiger partial charge in [0.05, 0.1) is 12.7 Å². The van der Waals surface area contributed by atoms with Gasteiger partial charge in [-0.1, -0.05) is 6.92 Å². The van der Waals surface area contributed by atoms with Gasteiger partial charge in [-0.25, -0.2) is 0 Å². The average Bonchev–Trinajstić information content (AvgIpc) is 2.97. The van der Waals surface area contributed by atoms with Crippen LogP contribution in [0.4, 0.5) is 0 Å². The summed E-state index contributed by atoms with van der Waals surface area (Å²) in [6, 6.07) is 2.08. The minimum Gasteiger partial charge on any atom is -0.395 e. The second kappa shape index (κ2) is 4.43. The van der Waals surface area contributed by atoms with E-state index in [4.69, 9.17) is 10.4 Å². The molecule has 1 fully saturated rings. The zero-order valence-electron chi connectivity index (χ0n) is 8.49. The molecule has 1 aliphatic carbocycles. The summed E-state index contributed by atoms with van der Waals surface area (Å²) in [5.74, 6) is -0.101. The average molecular weight is 196 g/mol. The number of hydrogen-bond acceptors (Lipinski definition) is 3. The predicted molar refractivity (Wildman–Crippen MR) is 51.2 cm³/mol. The predicted octanol–water partition coefficient (Wildman–Crippen LogP) is 0.521. The summed E-state index contributed by atoms with van der Waals surface area (Å²) in [6.45, 7) is 2.91. The van der Waals surface area contributed by atoms with Crippen LogP contribution in [0.5, 0.6) is 0 Å². The van der Waals surface area contributed by atoms with Gasteiger partial charge in [0.1, 0.15) is 5.41 Å². The van der Waals surface area contributed by atoms with Crippen molar-refractivity contribution in [3.8, 4) is 6.07 Å².